The molecular weight excluding hydrogens is 228 g/mol. The van der Waals surface area contributed by atoms with Gasteiger partial charge in [-0.2, -0.15) is 0 Å². The molecule has 0 bridgehead atoms. The van der Waals surface area contributed by atoms with Crippen molar-refractivity contribution in [3.63, 3.8) is 0 Å². The van der Waals surface area contributed by atoms with E-state index in [1.807, 2.05) is 11.9 Å². The minimum Gasteiger partial charge on any atom is -0.368 e. The summed E-state index contributed by atoms with van der Waals surface area (Å²) >= 11 is 0. The van der Waals surface area contributed by atoms with Gasteiger partial charge in [-0.1, -0.05) is 19.3 Å². The number of nitrogens with one attached hydrogen (secondary N) is 1. The van der Waals surface area contributed by atoms with Crippen LogP contribution in [0.5, 0.6) is 0 Å². The summed E-state index contributed by atoms with van der Waals surface area (Å²) in [5.74, 6) is 0.153. The average Bonchev–Trinajstić information content (AvgIpc) is 2.46. The third-order valence-electron chi connectivity index (χ3n) is 4.24. The molecule has 104 valence electrons. The summed E-state index contributed by atoms with van der Waals surface area (Å²) < 4.78 is 5.73. The maximum absolute atomic E-state index is 12.1. The summed E-state index contributed by atoms with van der Waals surface area (Å²) in [6, 6.07) is 0.447. The lowest BCUT2D eigenvalue weighted by molar-refractivity contribution is -0.140. The predicted octanol–water partition coefficient (Wildman–Crippen LogP) is 1.55. The van der Waals surface area contributed by atoms with Gasteiger partial charge in [0.1, 0.15) is 6.61 Å². The van der Waals surface area contributed by atoms with E-state index in [2.05, 4.69) is 5.32 Å². The van der Waals surface area contributed by atoms with Gasteiger partial charge in [0, 0.05) is 13.1 Å². The van der Waals surface area contributed by atoms with Gasteiger partial charge in [0.2, 0.25) is 5.91 Å². The van der Waals surface area contributed by atoms with E-state index in [1.54, 1.807) is 0 Å². The highest BCUT2D eigenvalue weighted by molar-refractivity contribution is 5.77. The number of nitrogens with zero attached hydrogens (tertiary/aromatic N) is 1. The minimum absolute atomic E-state index is 0.153. The summed E-state index contributed by atoms with van der Waals surface area (Å²) in [5, 5.41) is 3.30. The second kappa shape index (κ2) is 7.10. The van der Waals surface area contributed by atoms with Crippen molar-refractivity contribution in [1.82, 2.24) is 10.2 Å². The molecule has 1 aliphatic heterocycles. The second-order valence-corrected chi connectivity index (χ2v) is 5.56. The van der Waals surface area contributed by atoms with Gasteiger partial charge in [0.15, 0.2) is 0 Å². The van der Waals surface area contributed by atoms with Crippen LogP contribution in [0.4, 0.5) is 0 Å². The molecule has 1 amide bonds. The molecule has 0 aromatic heterocycles. The highest BCUT2D eigenvalue weighted by Crippen LogP contribution is 2.21. The van der Waals surface area contributed by atoms with Crippen LogP contribution in [0, 0.1) is 0 Å². The van der Waals surface area contributed by atoms with Gasteiger partial charge in [0.25, 0.3) is 0 Å². The number of carbonyl (C=O) groups is 1. The summed E-state index contributed by atoms with van der Waals surface area (Å²) in [7, 11) is 1.93. The molecule has 0 atom stereocenters. The van der Waals surface area contributed by atoms with Crippen LogP contribution >= 0.6 is 0 Å². The Kier molecular flexibility index (Phi) is 5.45. The van der Waals surface area contributed by atoms with Crippen molar-refractivity contribution in [3.8, 4) is 0 Å². The standard InChI is InChI=1S/C14H26N2O2/c1-16(12-5-3-2-4-6-12)14(17)11-18-13-7-9-15-10-8-13/h12-13,15H,2-11H2,1H3. The zero-order valence-corrected chi connectivity index (χ0v) is 11.5. The molecule has 1 heterocycles. The topological polar surface area (TPSA) is 41.6 Å². The average molecular weight is 254 g/mol. The lowest BCUT2D eigenvalue weighted by Crippen LogP contribution is -2.41. The van der Waals surface area contributed by atoms with Crippen LogP contribution in [0.3, 0.4) is 0 Å². The van der Waals surface area contributed by atoms with E-state index in [0.717, 1.165) is 38.8 Å². The van der Waals surface area contributed by atoms with Crippen molar-refractivity contribution in [2.75, 3.05) is 26.7 Å². The zero-order valence-electron chi connectivity index (χ0n) is 11.5. The van der Waals surface area contributed by atoms with E-state index >= 15 is 0 Å². The molecule has 18 heavy (non-hydrogen) atoms. The number of hydrogen-bond donors (Lipinski definition) is 1. The first kappa shape index (κ1) is 13.8. The molecule has 2 fully saturated rings. The molecule has 0 aromatic carbocycles. The van der Waals surface area contributed by atoms with E-state index in [1.165, 1.54) is 19.3 Å². The fourth-order valence-corrected chi connectivity index (χ4v) is 2.93. The van der Waals surface area contributed by atoms with Crippen molar-refractivity contribution in [2.24, 2.45) is 0 Å². The Morgan fingerprint density at radius 2 is 1.83 bits per heavy atom. The monoisotopic (exact) mass is 254 g/mol. The van der Waals surface area contributed by atoms with Crippen LogP contribution in [0.2, 0.25) is 0 Å². The van der Waals surface area contributed by atoms with Gasteiger partial charge in [-0.05, 0) is 38.8 Å². The maximum Gasteiger partial charge on any atom is 0.248 e. The first-order valence-corrected chi connectivity index (χ1v) is 7.35. The van der Waals surface area contributed by atoms with Crippen LogP contribution in [0.25, 0.3) is 0 Å². The molecule has 1 saturated carbocycles. The molecule has 2 rings (SSSR count). The molecule has 0 aromatic rings. The normalized spacial score (nSPS) is 22.9. The Labute approximate surface area is 110 Å². The fraction of sp³-hybridized carbons (Fsp3) is 0.929. The van der Waals surface area contributed by atoms with Crippen LogP contribution in [0.15, 0.2) is 0 Å². The van der Waals surface area contributed by atoms with Crippen LogP contribution in [0.1, 0.15) is 44.9 Å². The van der Waals surface area contributed by atoms with Crippen molar-refractivity contribution < 1.29 is 9.53 Å². The van der Waals surface area contributed by atoms with Crippen LogP contribution in [-0.4, -0.2) is 49.7 Å². The lowest BCUT2D eigenvalue weighted by Gasteiger charge is -2.32. The molecule has 4 heteroatoms. The third-order valence-corrected chi connectivity index (χ3v) is 4.24. The van der Waals surface area contributed by atoms with Crippen molar-refractivity contribution in [1.29, 1.82) is 0 Å². The number of carbonyl (C=O) groups excluding carboxylic acids is 1. The number of piperidine rings is 1. The van der Waals surface area contributed by atoms with E-state index < -0.39 is 0 Å². The van der Waals surface area contributed by atoms with Crippen LogP contribution in [-0.2, 0) is 9.53 Å². The smallest absolute Gasteiger partial charge is 0.248 e. The predicted molar refractivity (Wildman–Crippen MR) is 71.5 cm³/mol. The number of rotatable bonds is 4. The maximum atomic E-state index is 12.1. The van der Waals surface area contributed by atoms with Crippen LogP contribution < -0.4 is 5.32 Å². The Morgan fingerprint density at radius 3 is 2.50 bits per heavy atom. The molecule has 1 aliphatic carbocycles. The fourth-order valence-electron chi connectivity index (χ4n) is 2.93. The second-order valence-electron chi connectivity index (χ2n) is 5.56. The summed E-state index contributed by atoms with van der Waals surface area (Å²) in [6.45, 7) is 2.28. The van der Waals surface area contributed by atoms with Gasteiger partial charge < -0.3 is 15.0 Å². The molecule has 4 nitrogen and oxygen atoms in total. The van der Waals surface area contributed by atoms with Gasteiger partial charge >= 0.3 is 0 Å². The highest BCUT2D eigenvalue weighted by Gasteiger charge is 2.23. The van der Waals surface area contributed by atoms with Crippen molar-refractivity contribution >= 4 is 5.91 Å². The summed E-state index contributed by atoms with van der Waals surface area (Å²) in [5.41, 5.74) is 0. The first-order chi connectivity index (χ1) is 8.77. The van der Waals surface area contributed by atoms with E-state index in [9.17, 15) is 4.79 Å². The SMILES string of the molecule is CN(C(=O)COC1CCNCC1)C1CCCCC1. The Morgan fingerprint density at radius 1 is 1.17 bits per heavy atom. The molecule has 2 aliphatic rings. The number of amides is 1. The van der Waals surface area contributed by atoms with Gasteiger partial charge in [-0.25, -0.2) is 0 Å². The molecule has 1 saturated heterocycles. The van der Waals surface area contributed by atoms with Gasteiger partial charge in [-0.3, -0.25) is 4.79 Å². The summed E-state index contributed by atoms with van der Waals surface area (Å²) in [4.78, 5) is 14.0. The highest BCUT2D eigenvalue weighted by atomic mass is 16.5. The van der Waals surface area contributed by atoms with Gasteiger partial charge in [-0.15, -0.1) is 0 Å². The Balaban J connectivity index is 1.69. The Bertz CT molecular complexity index is 259. The van der Waals surface area contributed by atoms with Crippen molar-refractivity contribution in [2.45, 2.75) is 57.1 Å². The Hall–Kier alpha value is -0.610. The lowest BCUT2D eigenvalue weighted by atomic mass is 9.94. The van der Waals surface area contributed by atoms with E-state index in [0.29, 0.717) is 6.04 Å². The molecule has 0 unspecified atom stereocenters. The minimum atomic E-state index is 0.153. The number of ether oxygens (including phenoxy) is 1. The molecular formula is C14H26N2O2. The van der Waals surface area contributed by atoms with E-state index in [4.69, 9.17) is 4.74 Å². The summed E-state index contributed by atoms with van der Waals surface area (Å²) in [6.07, 6.45) is 8.50. The quantitative estimate of drug-likeness (QED) is 0.827. The molecule has 0 radical (unpaired) electrons. The largest absolute Gasteiger partial charge is 0.368 e. The first-order valence-electron chi connectivity index (χ1n) is 7.35. The molecule has 0 spiro atoms. The number of likely N-dealkylation sites (N-methyl/N-ethyl adjacent to an activating group) is 1. The molecule has 1 N–H and O–H groups in total. The third kappa shape index (κ3) is 3.95. The van der Waals surface area contributed by atoms with Crippen molar-refractivity contribution in [3.05, 3.63) is 0 Å². The van der Waals surface area contributed by atoms with Gasteiger partial charge in [0.05, 0.1) is 6.10 Å². The van der Waals surface area contributed by atoms with E-state index in [-0.39, 0.29) is 18.6 Å². The zero-order chi connectivity index (χ0) is 12.8. The number of hydrogen-bond acceptors (Lipinski definition) is 3.